The quantitative estimate of drug-likeness (QED) is 0.920. The highest BCUT2D eigenvalue weighted by Crippen LogP contribution is 2.40. The van der Waals surface area contributed by atoms with Crippen LogP contribution in [0.1, 0.15) is 30.7 Å². The molecule has 136 valence electrons. The number of hydrogen-bond acceptors (Lipinski definition) is 4. The normalized spacial score (nSPS) is 24.8. The van der Waals surface area contributed by atoms with Crippen LogP contribution in [0.25, 0.3) is 0 Å². The molecule has 1 saturated carbocycles. The summed E-state index contributed by atoms with van der Waals surface area (Å²) in [5.74, 6) is 1.34. The molecule has 0 spiro atoms. The molecule has 1 aliphatic heterocycles. The van der Waals surface area contributed by atoms with E-state index in [2.05, 4.69) is 44.7 Å². The molecular formula is C20H25N5O. The highest BCUT2D eigenvalue weighted by Gasteiger charge is 2.40. The monoisotopic (exact) mass is 351 g/mol. The molecule has 6 nitrogen and oxygen atoms in total. The first-order valence-electron chi connectivity index (χ1n) is 9.33. The van der Waals surface area contributed by atoms with Crippen LogP contribution in [0.5, 0.6) is 0 Å². The van der Waals surface area contributed by atoms with Gasteiger partial charge in [-0.05, 0) is 37.0 Å². The maximum absolute atomic E-state index is 12.7. The lowest BCUT2D eigenvalue weighted by Crippen LogP contribution is -2.52. The van der Waals surface area contributed by atoms with E-state index in [0.29, 0.717) is 5.92 Å². The van der Waals surface area contributed by atoms with Gasteiger partial charge in [-0.3, -0.25) is 0 Å². The number of carbonyl (C=O) groups is 1. The second kappa shape index (κ2) is 7.32. The van der Waals surface area contributed by atoms with Gasteiger partial charge in [-0.1, -0.05) is 30.3 Å². The molecule has 1 aromatic heterocycles. The van der Waals surface area contributed by atoms with E-state index >= 15 is 0 Å². The number of nitrogens with one attached hydrogen (secondary N) is 1. The van der Waals surface area contributed by atoms with Crippen molar-refractivity contribution in [2.24, 2.45) is 0 Å². The van der Waals surface area contributed by atoms with Crippen molar-refractivity contribution in [3.8, 4) is 0 Å². The third kappa shape index (κ3) is 3.64. The summed E-state index contributed by atoms with van der Waals surface area (Å²) in [6.45, 7) is 1.76. The zero-order valence-electron chi connectivity index (χ0n) is 15.1. The number of carbonyl (C=O) groups excluding carboxylic acids is 1. The summed E-state index contributed by atoms with van der Waals surface area (Å²) in [4.78, 5) is 16.8. The number of hydrogen-bond donors (Lipinski definition) is 1. The molecule has 0 bridgehead atoms. The Morgan fingerprint density at radius 1 is 1.23 bits per heavy atom. The molecular weight excluding hydrogens is 326 g/mol. The van der Waals surface area contributed by atoms with Gasteiger partial charge in [0.1, 0.15) is 0 Å². The second-order valence-corrected chi connectivity index (χ2v) is 7.24. The lowest BCUT2D eigenvalue weighted by Gasteiger charge is -2.38. The topological polar surface area (TPSA) is 61.4 Å². The van der Waals surface area contributed by atoms with E-state index in [1.54, 1.807) is 6.20 Å². The molecule has 2 aromatic rings. The van der Waals surface area contributed by atoms with Crippen molar-refractivity contribution < 1.29 is 4.79 Å². The number of piperidine rings is 1. The third-order valence-corrected chi connectivity index (χ3v) is 5.47. The highest BCUT2D eigenvalue weighted by molar-refractivity contribution is 5.75. The van der Waals surface area contributed by atoms with Gasteiger partial charge in [0, 0.05) is 38.3 Å². The van der Waals surface area contributed by atoms with Crippen molar-refractivity contribution in [1.29, 1.82) is 0 Å². The fourth-order valence-electron chi connectivity index (χ4n) is 3.79. The van der Waals surface area contributed by atoms with Crippen molar-refractivity contribution in [3.05, 3.63) is 54.2 Å². The fraction of sp³-hybridized carbons (Fsp3) is 0.450. The van der Waals surface area contributed by atoms with E-state index in [0.717, 1.165) is 38.2 Å². The van der Waals surface area contributed by atoms with Gasteiger partial charge in [0.2, 0.25) is 0 Å². The summed E-state index contributed by atoms with van der Waals surface area (Å²) in [6, 6.07) is 14.8. The predicted octanol–water partition coefficient (Wildman–Crippen LogP) is 2.64. The molecule has 0 unspecified atom stereocenters. The number of anilines is 1. The second-order valence-electron chi connectivity index (χ2n) is 7.24. The van der Waals surface area contributed by atoms with Gasteiger partial charge in [0.25, 0.3) is 0 Å². The minimum atomic E-state index is 0.0272. The van der Waals surface area contributed by atoms with E-state index in [9.17, 15) is 4.79 Å². The molecule has 6 heteroatoms. The molecule has 0 radical (unpaired) electrons. The average molecular weight is 351 g/mol. The van der Waals surface area contributed by atoms with Crippen molar-refractivity contribution in [3.63, 3.8) is 0 Å². The molecule has 1 aromatic carbocycles. The van der Waals surface area contributed by atoms with Gasteiger partial charge in [-0.2, -0.15) is 5.10 Å². The third-order valence-electron chi connectivity index (χ3n) is 5.47. The molecule has 1 saturated heterocycles. The molecule has 26 heavy (non-hydrogen) atoms. The van der Waals surface area contributed by atoms with Gasteiger partial charge in [-0.15, -0.1) is 5.10 Å². The van der Waals surface area contributed by atoms with Gasteiger partial charge >= 0.3 is 6.03 Å². The van der Waals surface area contributed by atoms with Gasteiger partial charge in [-0.25, -0.2) is 4.79 Å². The number of nitrogens with zero attached hydrogens (tertiary/aromatic N) is 4. The van der Waals surface area contributed by atoms with Crippen LogP contribution in [0.15, 0.2) is 48.7 Å². The minimum Gasteiger partial charge on any atom is -0.353 e. The molecule has 2 aliphatic rings. The predicted molar refractivity (Wildman–Crippen MR) is 101 cm³/mol. The Morgan fingerprint density at radius 2 is 2.08 bits per heavy atom. The summed E-state index contributed by atoms with van der Waals surface area (Å²) in [6.07, 6.45) is 4.78. The van der Waals surface area contributed by atoms with E-state index in [1.165, 1.54) is 5.56 Å². The molecule has 4 rings (SSSR count). The summed E-state index contributed by atoms with van der Waals surface area (Å²) in [5.41, 5.74) is 1.31. The first-order chi connectivity index (χ1) is 12.7. The molecule has 2 heterocycles. The van der Waals surface area contributed by atoms with Crippen LogP contribution in [0.3, 0.4) is 0 Å². The molecule has 1 aliphatic carbocycles. The van der Waals surface area contributed by atoms with E-state index in [1.807, 2.05) is 30.1 Å². The number of likely N-dealkylation sites (N-methyl/N-ethyl adjacent to an activating group) is 1. The highest BCUT2D eigenvalue weighted by atomic mass is 16.2. The van der Waals surface area contributed by atoms with Crippen LogP contribution in [0, 0.1) is 0 Å². The molecule has 1 N–H and O–H groups in total. The van der Waals surface area contributed by atoms with Crippen molar-refractivity contribution >= 4 is 11.8 Å². The number of urea groups is 1. The number of aromatic nitrogens is 2. The Labute approximate surface area is 154 Å². The Morgan fingerprint density at radius 3 is 2.85 bits per heavy atom. The lowest BCUT2D eigenvalue weighted by molar-refractivity contribution is 0.182. The van der Waals surface area contributed by atoms with Crippen molar-refractivity contribution in [2.45, 2.75) is 37.3 Å². The summed E-state index contributed by atoms with van der Waals surface area (Å²) in [7, 11) is 1.90. The van der Waals surface area contributed by atoms with Crippen LogP contribution < -0.4 is 10.2 Å². The fourth-order valence-corrected chi connectivity index (χ4v) is 3.79. The van der Waals surface area contributed by atoms with Crippen LogP contribution >= 0.6 is 0 Å². The maximum atomic E-state index is 12.7. The Hall–Kier alpha value is -2.63. The van der Waals surface area contributed by atoms with Crippen LogP contribution in [0.4, 0.5) is 10.6 Å². The maximum Gasteiger partial charge on any atom is 0.317 e. The van der Waals surface area contributed by atoms with Crippen LogP contribution in [-0.4, -0.2) is 53.3 Å². The molecule has 3 atom stereocenters. The Bertz CT molecular complexity index is 738. The summed E-state index contributed by atoms with van der Waals surface area (Å²) >= 11 is 0. The minimum absolute atomic E-state index is 0.0272. The Kier molecular flexibility index (Phi) is 4.73. The number of rotatable bonds is 4. The van der Waals surface area contributed by atoms with E-state index in [4.69, 9.17) is 0 Å². The number of amides is 2. The van der Waals surface area contributed by atoms with E-state index in [-0.39, 0.29) is 18.1 Å². The largest absolute Gasteiger partial charge is 0.353 e. The van der Waals surface area contributed by atoms with Gasteiger partial charge < -0.3 is 15.1 Å². The summed E-state index contributed by atoms with van der Waals surface area (Å²) in [5, 5.41) is 11.4. The average Bonchev–Trinajstić information content (AvgIpc) is 3.48. The Balaban J connectivity index is 1.32. The van der Waals surface area contributed by atoms with Gasteiger partial charge in [0.05, 0.1) is 6.04 Å². The molecule has 2 fully saturated rings. The van der Waals surface area contributed by atoms with Crippen LogP contribution in [-0.2, 0) is 0 Å². The van der Waals surface area contributed by atoms with Crippen molar-refractivity contribution in [2.75, 3.05) is 25.0 Å². The zero-order chi connectivity index (χ0) is 17.9. The zero-order valence-corrected chi connectivity index (χ0v) is 15.1. The SMILES string of the molecule is CN(C(=O)N[C@H]1C[C@@H]1c1ccccc1)[C@@H]1CCCN(c2cccnn2)C1. The van der Waals surface area contributed by atoms with Crippen LogP contribution in [0.2, 0.25) is 0 Å². The van der Waals surface area contributed by atoms with Crippen molar-refractivity contribution in [1.82, 2.24) is 20.4 Å². The summed E-state index contributed by atoms with van der Waals surface area (Å²) < 4.78 is 0. The van der Waals surface area contributed by atoms with E-state index < -0.39 is 0 Å². The first-order valence-corrected chi connectivity index (χ1v) is 9.33. The molecule has 2 amide bonds. The first kappa shape index (κ1) is 16.8. The standard InChI is InChI=1S/C20H25N5O/c1-24(16-9-6-12-25(14-16)19-10-5-11-21-23-19)20(26)22-18-13-17(18)15-7-3-2-4-8-15/h2-5,7-8,10-11,16-18H,6,9,12-14H2,1H3,(H,22,26)/t16-,17-,18+/m1/s1. The smallest absolute Gasteiger partial charge is 0.317 e. The van der Waals surface area contributed by atoms with Gasteiger partial charge in [0.15, 0.2) is 5.82 Å². The lowest BCUT2D eigenvalue weighted by atomic mass is 10.0. The number of benzene rings is 1.